The quantitative estimate of drug-likeness (QED) is 0.641. The van der Waals surface area contributed by atoms with Crippen LogP contribution in [0.5, 0.6) is 0 Å². The standard InChI is InChI=1S/C23H26N4OS/c1-15-6-4-7-18(10-15)12-19-11-16(2)24-21(13-19)20-8-5-9-27(14-20)23(28)22-17(3)25-26-29-22/h4,6-7,10-11,13,20H,5,8-9,12,14H2,1-3H3/t20-/m1/s1. The van der Waals surface area contributed by atoms with Gasteiger partial charge in [0, 0.05) is 30.4 Å². The maximum Gasteiger partial charge on any atom is 0.267 e. The number of rotatable bonds is 4. The molecule has 0 spiro atoms. The topological polar surface area (TPSA) is 59.0 Å². The molecule has 1 saturated heterocycles. The van der Waals surface area contributed by atoms with Gasteiger partial charge in [-0.05, 0) is 74.8 Å². The van der Waals surface area contributed by atoms with Gasteiger partial charge in [-0.25, -0.2) is 0 Å². The predicted octanol–water partition coefficient (Wildman–Crippen LogP) is 4.47. The SMILES string of the molecule is Cc1cccc(Cc2cc(C)nc([C@@H]3CCCN(C(=O)c4snnc4C)C3)c2)c1. The summed E-state index contributed by atoms with van der Waals surface area (Å²) in [5.74, 6) is 0.319. The number of pyridine rings is 1. The highest BCUT2D eigenvalue weighted by Gasteiger charge is 2.28. The van der Waals surface area contributed by atoms with E-state index in [1.807, 2.05) is 11.8 Å². The zero-order valence-electron chi connectivity index (χ0n) is 17.2. The smallest absolute Gasteiger partial charge is 0.267 e. The number of likely N-dealkylation sites (tertiary alicyclic amines) is 1. The van der Waals surface area contributed by atoms with Crippen LogP contribution in [0.2, 0.25) is 0 Å². The van der Waals surface area contributed by atoms with E-state index in [1.54, 1.807) is 0 Å². The highest BCUT2D eigenvalue weighted by Crippen LogP contribution is 2.29. The molecule has 3 heterocycles. The third-order valence-electron chi connectivity index (χ3n) is 5.50. The lowest BCUT2D eigenvalue weighted by Crippen LogP contribution is -2.39. The summed E-state index contributed by atoms with van der Waals surface area (Å²) in [4.78, 5) is 20.3. The summed E-state index contributed by atoms with van der Waals surface area (Å²) in [7, 11) is 0. The van der Waals surface area contributed by atoms with Crippen molar-refractivity contribution in [3.63, 3.8) is 0 Å². The van der Waals surface area contributed by atoms with Crippen LogP contribution in [0, 0.1) is 20.8 Å². The second-order valence-corrected chi connectivity index (χ2v) is 8.74. The molecule has 1 amide bonds. The first kappa shape index (κ1) is 19.7. The van der Waals surface area contributed by atoms with E-state index in [2.05, 4.69) is 59.8 Å². The van der Waals surface area contributed by atoms with Crippen molar-refractivity contribution in [2.24, 2.45) is 0 Å². The Morgan fingerprint density at radius 1 is 1.17 bits per heavy atom. The molecule has 6 heteroatoms. The molecular formula is C23H26N4OS. The highest BCUT2D eigenvalue weighted by molar-refractivity contribution is 7.07. The van der Waals surface area contributed by atoms with E-state index >= 15 is 0 Å². The zero-order valence-corrected chi connectivity index (χ0v) is 18.0. The Labute approximate surface area is 176 Å². The number of hydrogen-bond acceptors (Lipinski definition) is 5. The van der Waals surface area contributed by atoms with Gasteiger partial charge in [-0.1, -0.05) is 34.3 Å². The van der Waals surface area contributed by atoms with Gasteiger partial charge in [-0.15, -0.1) is 5.10 Å². The summed E-state index contributed by atoms with van der Waals surface area (Å²) in [5.41, 5.74) is 6.73. The Bertz CT molecular complexity index is 1030. The largest absolute Gasteiger partial charge is 0.337 e. The Morgan fingerprint density at radius 2 is 2.03 bits per heavy atom. The molecule has 0 radical (unpaired) electrons. The summed E-state index contributed by atoms with van der Waals surface area (Å²) in [6.45, 7) is 7.52. The minimum absolute atomic E-state index is 0.0508. The van der Waals surface area contributed by atoms with Crippen molar-refractivity contribution < 1.29 is 4.79 Å². The van der Waals surface area contributed by atoms with Crippen molar-refractivity contribution in [3.8, 4) is 0 Å². The van der Waals surface area contributed by atoms with Crippen molar-refractivity contribution in [2.75, 3.05) is 13.1 Å². The van der Waals surface area contributed by atoms with Crippen molar-refractivity contribution >= 4 is 17.4 Å². The molecule has 3 aromatic rings. The van der Waals surface area contributed by atoms with Gasteiger partial charge in [0.2, 0.25) is 0 Å². The fraction of sp³-hybridized carbons (Fsp3) is 0.391. The molecule has 0 saturated carbocycles. The Hall–Kier alpha value is -2.60. The number of nitrogens with zero attached hydrogens (tertiary/aromatic N) is 4. The van der Waals surface area contributed by atoms with E-state index in [1.165, 1.54) is 28.2 Å². The van der Waals surface area contributed by atoms with Crippen molar-refractivity contribution in [1.29, 1.82) is 0 Å². The van der Waals surface area contributed by atoms with Crippen LogP contribution in [0.15, 0.2) is 36.4 Å². The predicted molar refractivity (Wildman–Crippen MR) is 115 cm³/mol. The van der Waals surface area contributed by atoms with Gasteiger partial charge < -0.3 is 4.90 Å². The van der Waals surface area contributed by atoms with Gasteiger partial charge >= 0.3 is 0 Å². The number of carbonyl (C=O) groups excluding carboxylic acids is 1. The highest BCUT2D eigenvalue weighted by atomic mass is 32.1. The average Bonchev–Trinajstić information content (AvgIpc) is 3.13. The Balaban J connectivity index is 1.53. The van der Waals surface area contributed by atoms with Crippen LogP contribution < -0.4 is 0 Å². The van der Waals surface area contributed by atoms with Crippen molar-refractivity contribution in [1.82, 2.24) is 19.5 Å². The Morgan fingerprint density at radius 3 is 2.79 bits per heavy atom. The lowest BCUT2D eigenvalue weighted by molar-refractivity contribution is 0.0710. The minimum Gasteiger partial charge on any atom is -0.337 e. The van der Waals surface area contributed by atoms with Gasteiger partial charge in [0.05, 0.1) is 5.69 Å². The summed E-state index contributed by atoms with van der Waals surface area (Å²) < 4.78 is 3.92. The molecule has 1 atom stereocenters. The summed E-state index contributed by atoms with van der Waals surface area (Å²) in [5, 5.41) is 3.99. The fourth-order valence-corrected chi connectivity index (χ4v) is 4.74. The number of hydrogen-bond donors (Lipinski definition) is 0. The number of piperidine rings is 1. The number of amides is 1. The summed E-state index contributed by atoms with van der Waals surface area (Å²) >= 11 is 1.19. The molecule has 0 bridgehead atoms. The van der Waals surface area contributed by atoms with E-state index < -0.39 is 0 Å². The maximum atomic E-state index is 12.9. The van der Waals surface area contributed by atoms with Crippen molar-refractivity contribution in [3.05, 3.63) is 75.0 Å². The minimum atomic E-state index is 0.0508. The van der Waals surface area contributed by atoms with Crippen LogP contribution in [-0.2, 0) is 6.42 Å². The van der Waals surface area contributed by atoms with Gasteiger partial charge in [-0.3, -0.25) is 9.78 Å². The fourth-order valence-electron chi connectivity index (χ4n) is 4.11. The molecule has 1 aromatic carbocycles. The second kappa shape index (κ2) is 8.41. The van der Waals surface area contributed by atoms with E-state index in [9.17, 15) is 4.79 Å². The van der Waals surface area contributed by atoms with Crippen LogP contribution in [0.4, 0.5) is 0 Å². The van der Waals surface area contributed by atoms with E-state index in [4.69, 9.17) is 4.98 Å². The molecule has 29 heavy (non-hydrogen) atoms. The third-order valence-corrected chi connectivity index (χ3v) is 6.31. The number of aromatic nitrogens is 3. The molecule has 0 unspecified atom stereocenters. The lowest BCUT2D eigenvalue weighted by Gasteiger charge is -2.32. The van der Waals surface area contributed by atoms with Gasteiger partial charge in [-0.2, -0.15) is 0 Å². The normalized spacial score (nSPS) is 16.8. The average molecular weight is 407 g/mol. The zero-order chi connectivity index (χ0) is 20.4. The molecule has 150 valence electrons. The molecule has 1 fully saturated rings. The van der Waals surface area contributed by atoms with Crippen LogP contribution in [0.3, 0.4) is 0 Å². The molecule has 5 nitrogen and oxygen atoms in total. The lowest BCUT2D eigenvalue weighted by atomic mass is 9.92. The second-order valence-electron chi connectivity index (χ2n) is 7.99. The first-order valence-corrected chi connectivity index (χ1v) is 10.9. The first-order chi connectivity index (χ1) is 14.0. The monoisotopic (exact) mass is 406 g/mol. The van der Waals surface area contributed by atoms with Crippen LogP contribution in [-0.4, -0.2) is 38.5 Å². The summed E-state index contributed by atoms with van der Waals surface area (Å²) in [6.07, 6.45) is 2.95. The van der Waals surface area contributed by atoms with Crippen LogP contribution >= 0.6 is 11.5 Å². The van der Waals surface area contributed by atoms with E-state index in [-0.39, 0.29) is 11.8 Å². The first-order valence-electron chi connectivity index (χ1n) is 10.1. The molecule has 1 aliphatic rings. The summed E-state index contributed by atoms with van der Waals surface area (Å²) in [6, 6.07) is 13.1. The van der Waals surface area contributed by atoms with Crippen molar-refractivity contribution in [2.45, 2.75) is 46.0 Å². The van der Waals surface area contributed by atoms with E-state index in [0.717, 1.165) is 42.9 Å². The van der Waals surface area contributed by atoms with Gasteiger partial charge in [0.15, 0.2) is 0 Å². The molecule has 0 N–H and O–H groups in total. The van der Waals surface area contributed by atoms with Gasteiger partial charge in [0.25, 0.3) is 5.91 Å². The molecule has 1 aliphatic heterocycles. The van der Waals surface area contributed by atoms with Gasteiger partial charge in [0.1, 0.15) is 4.88 Å². The molecule has 0 aliphatic carbocycles. The molecule has 4 rings (SSSR count). The van der Waals surface area contributed by atoms with Crippen LogP contribution in [0.1, 0.15) is 62.2 Å². The maximum absolute atomic E-state index is 12.9. The number of aryl methyl sites for hydroxylation is 3. The van der Waals surface area contributed by atoms with Crippen LogP contribution in [0.25, 0.3) is 0 Å². The van der Waals surface area contributed by atoms with E-state index in [0.29, 0.717) is 11.4 Å². The Kier molecular flexibility index (Phi) is 5.72. The molecule has 2 aromatic heterocycles. The molecular weight excluding hydrogens is 380 g/mol. The number of benzene rings is 1. The third kappa shape index (κ3) is 4.53. The number of carbonyl (C=O) groups is 1.